The van der Waals surface area contributed by atoms with E-state index in [1.54, 1.807) is 67.3 Å². The monoisotopic (exact) mass is 509 g/mol. The summed E-state index contributed by atoms with van der Waals surface area (Å²) in [7, 11) is 0. The SMILES string of the molecule is CC(C)(Cn1ccc2cc(-n3cnc(-c4cc(-c5ccccc5)c(C(F)(F)F)s4)c3)ccc21)C(=O)O. The number of nitrogens with zero attached hydrogens (tertiary/aromatic N) is 3. The molecule has 9 heteroatoms. The highest BCUT2D eigenvalue weighted by Crippen LogP contribution is 2.45. The number of aliphatic carboxylic acids is 1. The minimum Gasteiger partial charge on any atom is -0.481 e. The third-order valence-electron chi connectivity index (χ3n) is 6.11. The molecular formula is C27H22F3N3O2S. The second kappa shape index (κ2) is 8.67. The van der Waals surface area contributed by atoms with Gasteiger partial charge in [-0.15, -0.1) is 11.3 Å². The molecule has 0 aliphatic rings. The van der Waals surface area contributed by atoms with Crippen molar-refractivity contribution in [2.75, 3.05) is 0 Å². The molecule has 5 nitrogen and oxygen atoms in total. The Morgan fingerprint density at radius 2 is 1.81 bits per heavy atom. The molecule has 5 aromatic rings. The molecule has 2 aromatic carbocycles. The zero-order valence-electron chi connectivity index (χ0n) is 19.5. The van der Waals surface area contributed by atoms with Crippen molar-refractivity contribution in [2.45, 2.75) is 26.6 Å². The summed E-state index contributed by atoms with van der Waals surface area (Å²) in [6.45, 7) is 3.69. The Morgan fingerprint density at radius 3 is 2.50 bits per heavy atom. The topological polar surface area (TPSA) is 60.0 Å². The van der Waals surface area contributed by atoms with Crippen LogP contribution in [0.25, 0.3) is 38.3 Å². The zero-order chi connectivity index (χ0) is 25.7. The van der Waals surface area contributed by atoms with Gasteiger partial charge in [-0.05, 0) is 49.7 Å². The van der Waals surface area contributed by atoms with Crippen molar-refractivity contribution < 1.29 is 23.1 Å². The number of halogens is 3. The van der Waals surface area contributed by atoms with Crippen molar-refractivity contribution in [3.8, 4) is 27.4 Å². The van der Waals surface area contributed by atoms with E-state index in [1.807, 2.05) is 35.0 Å². The maximum absolute atomic E-state index is 13.8. The number of carbonyl (C=O) groups is 1. The van der Waals surface area contributed by atoms with Gasteiger partial charge < -0.3 is 14.2 Å². The van der Waals surface area contributed by atoms with Crippen molar-refractivity contribution in [1.82, 2.24) is 14.1 Å². The number of carboxylic acid groups (broad SMARTS) is 1. The van der Waals surface area contributed by atoms with Gasteiger partial charge in [-0.3, -0.25) is 4.79 Å². The number of thiophene rings is 1. The molecule has 1 N–H and O–H groups in total. The first-order valence-corrected chi connectivity index (χ1v) is 12.0. The van der Waals surface area contributed by atoms with Crippen LogP contribution in [-0.2, 0) is 17.5 Å². The molecule has 3 aromatic heterocycles. The highest BCUT2D eigenvalue weighted by atomic mass is 32.1. The third kappa shape index (κ3) is 4.42. The van der Waals surface area contributed by atoms with Gasteiger partial charge in [0.2, 0.25) is 0 Å². The summed E-state index contributed by atoms with van der Waals surface area (Å²) in [5, 5.41) is 10.4. The molecule has 0 radical (unpaired) electrons. The quantitative estimate of drug-likeness (QED) is 0.260. The number of alkyl halides is 3. The maximum Gasteiger partial charge on any atom is 0.426 e. The second-order valence-corrected chi connectivity index (χ2v) is 10.3. The number of fused-ring (bicyclic) bond motifs is 1. The van der Waals surface area contributed by atoms with Crippen LogP contribution in [0.15, 0.2) is 79.4 Å². The average Bonchev–Trinajstić information content (AvgIpc) is 3.57. The molecule has 0 amide bonds. The molecule has 0 bridgehead atoms. The fourth-order valence-corrected chi connectivity index (χ4v) is 5.14. The molecular weight excluding hydrogens is 487 g/mol. The Morgan fingerprint density at radius 1 is 1.06 bits per heavy atom. The Bertz CT molecular complexity index is 1560. The predicted octanol–water partition coefficient (Wildman–Crippen LogP) is 7.35. The Kier molecular flexibility index (Phi) is 5.75. The van der Waals surface area contributed by atoms with Gasteiger partial charge in [-0.1, -0.05) is 30.3 Å². The van der Waals surface area contributed by atoms with E-state index in [-0.39, 0.29) is 5.56 Å². The summed E-state index contributed by atoms with van der Waals surface area (Å²) in [5.41, 5.74) is 1.88. The van der Waals surface area contributed by atoms with E-state index >= 15 is 0 Å². The van der Waals surface area contributed by atoms with Crippen molar-refractivity contribution in [2.24, 2.45) is 5.41 Å². The first-order chi connectivity index (χ1) is 17.0. The molecule has 36 heavy (non-hydrogen) atoms. The van der Waals surface area contributed by atoms with E-state index < -0.39 is 22.4 Å². The molecule has 0 aliphatic heterocycles. The Hall–Kier alpha value is -3.85. The van der Waals surface area contributed by atoms with E-state index in [9.17, 15) is 23.1 Å². The van der Waals surface area contributed by atoms with Gasteiger partial charge in [-0.2, -0.15) is 13.2 Å². The van der Waals surface area contributed by atoms with Crippen LogP contribution in [0.4, 0.5) is 13.2 Å². The summed E-state index contributed by atoms with van der Waals surface area (Å²) < 4.78 is 45.0. The number of hydrogen-bond acceptors (Lipinski definition) is 3. The minimum atomic E-state index is -4.47. The van der Waals surface area contributed by atoms with E-state index in [2.05, 4.69) is 4.98 Å². The lowest BCUT2D eigenvalue weighted by Gasteiger charge is -2.20. The Labute approximate surface area is 209 Å². The van der Waals surface area contributed by atoms with Gasteiger partial charge in [0.15, 0.2) is 0 Å². The maximum atomic E-state index is 13.8. The second-order valence-electron chi connectivity index (χ2n) is 9.26. The van der Waals surface area contributed by atoms with E-state index in [0.717, 1.165) is 16.6 Å². The smallest absolute Gasteiger partial charge is 0.426 e. The van der Waals surface area contributed by atoms with E-state index in [1.165, 1.54) is 0 Å². The van der Waals surface area contributed by atoms with Crippen molar-refractivity contribution in [1.29, 1.82) is 0 Å². The largest absolute Gasteiger partial charge is 0.481 e. The van der Waals surface area contributed by atoms with E-state index in [4.69, 9.17) is 0 Å². The molecule has 3 heterocycles. The van der Waals surface area contributed by atoms with Gasteiger partial charge >= 0.3 is 12.1 Å². The van der Waals surface area contributed by atoms with Crippen LogP contribution in [0.2, 0.25) is 0 Å². The van der Waals surface area contributed by atoms with Gasteiger partial charge in [0.25, 0.3) is 0 Å². The third-order valence-corrected chi connectivity index (χ3v) is 7.31. The standard InChI is InChI=1S/C27H22F3N3O2S/c1-26(2,25(34)35)15-32-11-10-18-12-19(8-9-22(18)32)33-14-21(31-16-33)23-13-20(17-6-4-3-5-7-17)24(36-23)27(28,29)30/h3-14,16H,15H2,1-2H3,(H,34,35). The molecule has 184 valence electrons. The number of imidazole rings is 1. The summed E-state index contributed by atoms with van der Waals surface area (Å²) in [6.07, 6.45) is 0.681. The molecule has 0 spiro atoms. The number of carboxylic acids is 1. The summed E-state index contributed by atoms with van der Waals surface area (Å²) >= 11 is 0.684. The molecule has 0 fully saturated rings. The van der Waals surface area contributed by atoms with Crippen LogP contribution >= 0.6 is 11.3 Å². The fourth-order valence-electron chi connectivity index (χ4n) is 4.13. The summed E-state index contributed by atoms with van der Waals surface area (Å²) in [5.74, 6) is -0.871. The summed E-state index contributed by atoms with van der Waals surface area (Å²) in [4.78, 5) is 15.7. The van der Waals surface area contributed by atoms with Crippen molar-refractivity contribution in [3.63, 3.8) is 0 Å². The fraction of sp³-hybridized carbons (Fsp3) is 0.185. The minimum absolute atomic E-state index is 0.143. The van der Waals surface area contributed by atoms with Gasteiger partial charge in [0, 0.05) is 41.1 Å². The van der Waals surface area contributed by atoms with Crippen LogP contribution in [0.3, 0.4) is 0 Å². The number of benzene rings is 2. The average molecular weight is 510 g/mol. The molecule has 0 atom stereocenters. The highest BCUT2D eigenvalue weighted by Gasteiger charge is 2.36. The number of hydrogen-bond donors (Lipinski definition) is 1. The van der Waals surface area contributed by atoms with Crippen LogP contribution in [-0.4, -0.2) is 25.2 Å². The number of aromatic nitrogens is 3. The lowest BCUT2D eigenvalue weighted by molar-refractivity contribution is -0.147. The molecule has 0 saturated carbocycles. The van der Waals surface area contributed by atoms with Gasteiger partial charge in [0.1, 0.15) is 4.88 Å². The number of rotatable bonds is 6. The van der Waals surface area contributed by atoms with E-state index in [0.29, 0.717) is 34.0 Å². The van der Waals surface area contributed by atoms with Gasteiger partial charge in [0.05, 0.1) is 22.3 Å². The van der Waals surface area contributed by atoms with Crippen LogP contribution in [0, 0.1) is 5.41 Å². The zero-order valence-corrected chi connectivity index (χ0v) is 20.3. The summed E-state index contributed by atoms with van der Waals surface area (Å²) in [6, 6.07) is 17.7. The highest BCUT2D eigenvalue weighted by molar-refractivity contribution is 7.16. The lowest BCUT2D eigenvalue weighted by Crippen LogP contribution is -2.28. The molecule has 0 unspecified atom stereocenters. The van der Waals surface area contributed by atoms with Crippen LogP contribution in [0.5, 0.6) is 0 Å². The lowest BCUT2D eigenvalue weighted by atomic mass is 9.94. The van der Waals surface area contributed by atoms with Crippen LogP contribution in [0.1, 0.15) is 18.7 Å². The van der Waals surface area contributed by atoms with Crippen molar-refractivity contribution >= 4 is 28.2 Å². The molecule has 5 rings (SSSR count). The van der Waals surface area contributed by atoms with Crippen molar-refractivity contribution in [3.05, 3.63) is 84.3 Å². The first kappa shape index (κ1) is 23.9. The van der Waals surface area contributed by atoms with Gasteiger partial charge in [-0.25, -0.2) is 4.98 Å². The van der Waals surface area contributed by atoms with Crippen LogP contribution < -0.4 is 0 Å². The molecule has 0 saturated heterocycles. The molecule has 0 aliphatic carbocycles. The first-order valence-electron chi connectivity index (χ1n) is 11.2. The normalized spacial score (nSPS) is 12.4. The predicted molar refractivity (Wildman–Crippen MR) is 134 cm³/mol. The Balaban J connectivity index is 1.48.